The molecule has 0 heterocycles. The third-order valence-electron chi connectivity index (χ3n) is 1.54. The van der Waals surface area contributed by atoms with Crippen LogP contribution in [-0.4, -0.2) is 18.3 Å². The summed E-state index contributed by atoms with van der Waals surface area (Å²) in [6, 6.07) is 6.80. The zero-order valence-electron chi connectivity index (χ0n) is 7.64. The number of aliphatic hydroxyl groups excluding tert-OH is 1. The molecule has 1 N–H and O–H groups in total. The van der Waals surface area contributed by atoms with Crippen molar-refractivity contribution >= 4 is 0 Å². The Kier molecular flexibility index (Phi) is 4.32. The van der Waals surface area contributed by atoms with Crippen molar-refractivity contribution in [3.05, 3.63) is 24.3 Å². The maximum Gasteiger partial charge on any atom is 0.292 e. The van der Waals surface area contributed by atoms with Gasteiger partial charge >= 0.3 is 0 Å². The van der Waals surface area contributed by atoms with Gasteiger partial charge in [-0.25, -0.2) is 0 Å². The molecule has 0 unspecified atom stereocenters. The fourth-order valence-corrected chi connectivity index (χ4v) is 0.935. The van der Waals surface area contributed by atoms with E-state index in [2.05, 4.69) is 4.74 Å². The normalized spacial score (nSPS) is 9.14. The molecule has 0 bridgehead atoms. The lowest BCUT2D eigenvalue weighted by atomic mass is 10.3. The summed E-state index contributed by atoms with van der Waals surface area (Å²) in [6.07, 6.45) is 2.17. The van der Waals surface area contributed by atoms with E-state index in [0.29, 0.717) is 24.5 Å². The molecule has 0 saturated carbocycles. The Morgan fingerprint density at radius 2 is 2.14 bits per heavy atom. The van der Waals surface area contributed by atoms with Crippen molar-refractivity contribution in [2.75, 3.05) is 13.2 Å². The van der Waals surface area contributed by atoms with E-state index in [9.17, 15) is 0 Å². The van der Waals surface area contributed by atoms with Gasteiger partial charge in [-0.15, -0.1) is 5.26 Å². The molecule has 0 amide bonds. The smallest absolute Gasteiger partial charge is 0.292 e. The van der Waals surface area contributed by atoms with E-state index in [-0.39, 0.29) is 6.61 Å². The van der Waals surface area contributed by atoms with Crippen LogP contribution in [-0.2, 0) is 0 Å². The minimum Gasteiger partial charge on any atom is -0.493 e. The zero-order chi connectivity index (χ0) is 10.2. The number of aliphatic hydroxyl groups is 1. The van der Waals surface area contributed by atoms with Gasteiger partial charge in [0.15, 0.2) is 0 Å². The topological polar surface area (TPSA) is 62.5 Å². The van der Waals surface area contributed by atoms with Gasteiger partial charge in [0.25, 0.3) is 6.26 Å². The fraction of sp³-hybridized carbons (Fsp3) is 0.300. The zero-order valence-corrected chi connectivity index (χ0v) is 7.64. The average molecular weight is 193 g/mol. The second-order valence-electron chi connectivity index (χ2n) is 2.59. The first-order chi connectivity index (χ1) is 6.86. The number of nitrogens with zero attached hydrogens (tertiary/aromatic N) is 1. The molecule has 4 nitrogen and oxygen atoms in total. The summed E-state index contributed by atoms with van der Waals surface area (Å²) in [4.78, 5) is 0. The molecule has 1 aromatic rings. The van der Waals surface area contributed by atoms with Crippen molar-refractivity contribution in [3.63, 3.8) is 0 Å². The molecule has 0 spiro atoms. The van der Waals surface area contributed by atoms with Crippen molar-refractivity contribution in [2.24, 2.45) is 0 Å². The van der Waals surface area contributed by atoms with Crippen molar-refractivity contribution in [2.45, 2.75) is 6.42 Å². The third-order valence-corrected chi connectivity index (χ3v) is 1.54. The van der Waals surface area contributed by atoms with Crippen molar-refractivity contribution in [1.29, 1.82) is 5.26 Å². The van der Waals surface area contributed by atoms with Crippen molar-refractivity contribution in [3.8, 4) is 17.8 Å². The SMILES string of the molecule is N#COc1cccc(OCCCO)c1. The van der Waals surface area contributed by atoms with E-state index in [0.717, 1.165) is 0 Å². The van der Waals surface area contributed by atoms with Gasteiger partial charge < -0.3 is 14.6 Å². The molecule has 0 aliphatic rings. The first-order valence-corrected chi connectivity index (χ1v) is 4.26. The highest BCUT2D eigenvalue weighted by atomic mass is 16.5. The molecule has 0 fully saturated rings. The lowest BCUT2D eigenvalue weighted by molar-refractivity contribution is 0.233. The molecule has 0 aliphatic carbocycles. The number of ether oxygens (including phenoxy) is 2. The van der Waals surface area contributed by atoms with Gasteiger partial charge in [-0.2, -0.15) is 0 Å². The highest BCUT2D eigenvalue weighted by Crippen LogP contribution is 2.19. The maximum absolute atomic E-state index is 8.54. The minimum absolute atomic E-state index is 0.106. The quantitative estimate of drug-likeness (QED) is 0.565. The van der Waals surface area contributed by atoms with Gasteiger partial charge in [0, 0.05) is 19.1 Å². The molecular weight excluding hydrogens is 182 g/mol. The summed E-state index contributed by atoms with van der Waals surface area (Å²) in [5.74, 6) is 1.08. The maximum atomic E-state index is 8.54. The van der Waals surface area contributed by atoms with Gasteiger partial charge in [-0.1, -0.05) is 6.07 Å². The first-order valence-electron chi connectivity index (χ1n) is 4.26. The Hall–Kier alpha value is -1.73. The van der Waals surface area contributed by atoms with Crippen LogP contribution in [0, 0.1) is 11.5 Å². The van der Waals surface area contributed by atoms with Crippen LogP contribution >= 0.6 is 0 Å². The Morgan fingerprint density at radius 3 is 2.86 bits per heavy atom. The van der Waals surface area contributed by atoms with E-state index in [1.165, 1.54) is 0 Å². The number of hydrogen-bond donors (Lipinski definition) is 1. The highest BCUT2D eigenvalue weighted by molar-refractivity contribution is 5.33. The first kappa shape index (κ1) is 10.4. The molecule has 74 valence electrons. The molecule has 4 heteroatoms. The largest absolute Gasteiger partial charge is 0.493 e. The van der Waals surface area contributed by atoms with Gasteiger partial charge in [-0.05, 0) is 12.1 Å². The molecule has 0 radical (unpaired) electrons. The molecule has 14 heavy (non-hydrogen) atoms. The van der Waals surface area contributed by atoms with Crippen LogP contribution in [0.15, 0.2) is 24.3 Å². The summed E-state index contributed by atoms with van der Waals surface area (Å²) in [6.45, 7) is 0.556. The third kappa shape index (κ3) is 3.33. The van der Waals surface area contributed by atoms with Crippen LogP contribution in [0.2, 0.25) is 0 Å². The van der Waals surface area contributed by atoms with Crippen LogP contribution in [0.4, 0.5) is 0 Å². The summed E-state index contributed by atoms with van der Waals surface area (Å²) in [7, 11) is 0. The summed E-state index contributed by atoms with van der Waals surface area (Å²) < 4.78 is 9.91. The van der Waals surface area contributed by atoms with Gasteiger partial charge in [-0.3, -0.25) is 0 Å². The fourth-order valence-electron chi connectivity index (χ4n) is 0.935. The number of nitriles is 1. The summed E-state index contributed by atoms with van der Waals surface area (Å²) in [5, 5.41) is 16.8. The molecule has 0 atom stereocenters. The average Bonchev–Trinajstić information content (AvgIpc) is 2.19. The van der Waals surface area contributed by atoms with E-state index in [1.54, 1.807) is 30.5 Å². The second kappa shape index (κ2) is 5.84. The molecule has 0 saturated heterocycles. The van der Waals surface area contributed by atoms with Crippen LogP contribution in [0.5, 0.6) is 11.5 Å². The molecule has 0 aromatic heterocycles. The van der Waals surface area contributed by atoms with E-state index in [1.807, 2.05) is 0 Å². The van der Waals surface area contributed by atoms with Gasteiger partial charge in [0.1, 0.15) is 11.5 Å². The predicted molar refractivity (Wildman–Crippen MR) is 49.9 cm³/mol. The van der Waals surface area contributed by atoms with Crippen LogP contribution in [0.1, 0.15) is 6.42 Å². The number of hydrogen-bond acceptors (Lipinski definition) is 4. The Morgan fingerprint density at radius 1 is 1.36 bits per heavy atom. The van der Waals surface area contributed by atoms with Crippen molar-refractivity contribution in [1.82, 2.24) is 0 Å². The van der Waals surface area contributed by atoms with Crippen LogP contribution < -0.4 is 9.47 Å². The predicted octanol–water partition coefficient (Wildman–Crippen LogP) is 1.31. The van der Waals surface area contributed by atoms with Crippen LogP contribution in [0.25, 0.3) is 0 Å². The van der Waals surface area contributed by atoms with E-state index in [4.69, 9.17) is 15.1 Å². The lowest BCUT2D eigenvalue weighted by Crippen LogP contribution is -1.99. The van der Waals surface area contributed by atoms with Gasteiger partial charge in [0.2, 0.25) is 0 Å². The molecule has 1 rings (SSSR count). The standard InChI is InChI=1S/C10H11NO3/c11-8-14-10-4-1-3-9(7-10)13-6-2-5-12/h1,3-4,7,12H,2,5-6H2. The monoisotopic (exact) mass is 193 g/mol. The Bertz CT molecular complexity index is 319. The number of benzene rings is 1. The Labute approximate surface area is 82.3 Å². The lowest BCUT2D eigenvalue weighted by Gasteiger charge is -2.05. The minimum atomic E-state index is 0.106. The van der Waals surface area contributed by atoms with Crippen LogP contribution in [0.3, 0.4) is 0 Å². The van der Waals surface area contributed by atoms with E-state index < -0.39 is 0 Å². The Balaban J connectivity index is 2.51. The molecule has 1 aromatic carbocycles. The van der Waals surface area contributed by atoms with E-state index >= 15 is 0 Å². The number of rotatable bonds is 5. The summed E-state index contributed by atoms with van der Waals surface area (Å²) >= 11 is 0. The van der Waals surface area contributed by atoms with Gasteiger partial charge in [0.05, 0.1) is 6.61 Å². The second-order valence-corrected chi connectivity index (χ2v) is 2.59. The molecule has 0 aliphatic heterocycles. The van der Waals surface area contributed by atoms with Crippen molar-refractivity contribution < 1.29 is 14.6 Å². The molecular formula is C10H11NO3. The summed E-state index contributed by atoms with van der Waals surface area (Å²) in [5.41, 5.74) is 0. The highest BCUT2D eigenvalue weighted by Gasteiger charge is 1.97.